The first-order chi connectivity index (χ1) is 12.1. The number of nitrogens with zero attached hydrogens (tertiary/aromatic N) is 1. The topological polar surface area (TPSA) is 57.4 Å². The number of pyridine rings is 1. The Morgan fingerprint density at radius 2 is 1.96 bits per heavy atom. The lowest BCUT2D eigenvalue weighted by atomic mass is 10.1. The minimum absolute atomic E-state index is 0.00231. The SMILES string of the molecule is CC1CN(CCCCNCc2cc3ccccc3[nH]c2=O)CC(C)O1. The molecule has 0 saturated carbocycles. The predicted molar refractivity (Wildman–Crippen MR) is 102 cm³/mol. The molecule has 1 aliphatic heterocycles. The van der Waals surface area contributed by atoms with Gasteiger partial charge in [0, 0.05) is 30.7 Å². The second-order valence-electron chi connectivity index (χ2n) is 7.11. The molecule has 1 aliphatic rings. The molecule has 2 heterocycles. The standard InChI is InChI=1S/C20H29N3O2/c1-15-13-23(14-16(2)25-15)10-6-5-9-21-12-18-11-17-7-3-4-8-19(17)22-20(18)24/h3-4,7-8,11,15-16,21H,5-6,9-10,12-14H2,1-2H3,(H,22,24). The zero-order chi connectivity index (χ0) is 17.6. The van der Waals surface area contributed by atoms with E-state index >= 15 is 0 Å². The van der Waals surface area contributed by atoms with Crippen LogP contribution in [0.5, 0.6) is 0 Å². The summed E-state index contributed by atoms with van der Waals surface area (Å²) in [5, 5.41) is 4.48. The highest BCUT2D eigenvalue weighted by atomic mass is 16.5. The fourth-order valence-corrected chi connectivity index (χ4v) is 3.60. The molecule has 2 unspecified atom stereocenters. The molecule has 1 aromatic heterocycles. The molecule has 0 radical (unpaired) electrons. The summed E-state index contributed by atoms with van der Waals surface area (Å²) in [5.41, 5.74) is 1.70. The van der Waals surface area contributed by atoms with Crippen molar-refractivity contribution in [2.45, 2.75) is 45.4 Å². The molecule has 136 valence electrons. The highest BCUT2D eigenvalue weighted by Crippen LogP contribution is 2.11. The van der Waals surface area contributed by atoms with Gasteiger partial charge in [0.2, 0.25) is 0 Å². The Kier molecular flexibility index (Phi) is 6.24. The number of aromatic nitrogens is 1. The smallest absolute Gasteiger partial charge is 0.252 e. The van der Waals surface area contributed by atoms with Crippen LogP contribution < -0.4 is 10.9 Å². The number of unbranched alkanes of at least 4 members (excludes halogenated alkanes) is 1. The lowest BCUT2D eigenvalue weighted by Crippen LogP contribution is -2.45. The number of fused-ring (bicyclic) bond motifs is 1. The van der Waals surface area contributed by atoms with Crippen molar-refractivity contribution in [1.29, 1.82) is 0 Å². The van der Waals surface area contributed by atoms with E-state index in [9.17, 15) is 4.79 Å². The van der Waals surface area contributed by atoms with Crippen LogP contribution in [0.1, 0.15) is 32.3 Å². The fourth-order valence-electron chi connectivity index (χ4n) is 3.60. The lowest BCUT2D eigenvalue weighted by molar-refractivity contribution is -0.0681. The fraction of sp³-hybridized carbons (Fsp3) is 0.550. The van der Waals surface area contributed by atoms with Gasteiger partial charge in [0.15, 0.2) is 0 Å². The van der Waals surface area contributed by atoms with Gasteiger partial charge in [0.1, 0.15) is 0 Å². The Hall–Kier alpha value is -1.69. The largest absolute Gasteiger partial charge is 0.373 e. The molecule has 0 spiro atoms. The van der Waals surface area contributed by atoms with Gasteiger partial charge in [-0.2, -0.15) is 0 Å². The zero-order valence-electron chi connectivity index (χ0n) is 15.3. The number of hydrogen-bond acceptors (Lipinski definition) is 4. The molecule has 2 N–H and O–H groups in total. The number of morpholine rings is 1. The molecule has 0 aliphatic carbocycles. The van der Waals surface area contributed by atoms with Gasteiger partial charge in [-0.05, 0) is 57.3 Å². The molecule has 2 aromatic rings. The number of H-pyrrole nitrogens is 1. The third-order valence-electron chi connectivity index (χ3n) is 4.72. The third kappa shape index (κ3) is 5.14. The number of para-hydroxylation sites is 1. The van der Waals surface area contributed by atoms with Crippen LogP contribution in [0.2, 0.25) is 0 Å². The molecule has 0 bridgehead atoms. The van der Waals surface area contributed by atoms with E-state index in [1.807, 2.05) is 30.3 Å². The molecule has 3 rings (SSSR count). The summed E-state index contributed by atoms with van der Waals surface area (Å²) < 4.78 is 5.77. The second-order valence-corrected chi connectivity index (χ2v) is 7.11. The number of benzene rings is 1. The minimum atomic E-state index is 0.00231. The van der Waals surface area contributed by atoms with Crippen molar-refractivity contribution in [3.63, 3.8) is 0 Å². The highest BCUT2D eigenvalue weighted by Gasteiger charge is 2.21. The van der Waals surface area contributed by atoms with E-state index in [1.165, 1.54) is 6.42 Å². The Labute approximate surface area is 149 Å². The molecule has 5 heteroatoms. The zero-order valence-corrected chi connectivity index (χ0v) is 15.3. The lowest BCUT2D eigenvalue weighted by Gasteiger charge is -2.35. The van der Waals surface area contributed by atoms with E-state index in [0.29, 0.717) is 18.8 Å². The van der Waals surface area contributed by atoms with Gasteiger partial charge < -0.3 is 15.0 Å². The molecule has 2 atom stereocenters. The van der Waals surface area contributed by atoms with Crippen LogP contribution in [0.15, 0.2) is 35.1 Å². The molecule has 0 amide bonds. The number of hydrogen-bond donors (Lipinski definition) is 2. The molecular weight excluding hydrogens is 314 g/mol. The van der Waals surface area contributed by atoms with Crippen LogP contribution in [0.4, 0.5) is 0 Å². The predicted octanol–water partition coefficient (Wildman–Crippen LogP) is 2.51. The van der Waals surface area contributed by atoms with Crippen LogP contribution in [-0.4, -0.2) is 48.3 Å². The maximum absolute atomic E-state index is 12.1. The van der Waals surface area contributed by atoms with Gasteiger partial charge in [0.25, 0.3) is 5.56 Å². The first-order valence-corrected chi connectivity index (χ1v) is 9.31. The van der Waals surface area contributed by atoms with Crippen molar-refractivity contribution < 1.29 is 4.74 Å². The van der Waals surface area contributed by atoms with E-state index in [0.717, 1.165) is 49.1 Å². The summed E-state index contributed by atoms with van der Waals surface area (Å²) in [7, 11) is 0. The van der Waals surface area contributed by atoms with Crippen molar-refractivity contribution in [3.05, 3.63) is 46.2 Å². The Morgan fingerprint density at radius 1 is 1.20 bits per heavy atom. The minimum Gasteiger partial charge on any atom is -0.373 e. The van der Waals surface area contributed by atoms with Gasteiger partial charge in [-0.3, -0.25) is 9.69 Å². The van der Waals surface area contributed by atoms with Crippen molar-refractivity contribution in [2.75, 3.05) is 26.2 Å². The number of nitrogens with one attached hydrogen (secondary N) is 2. The molecule has 25 heavy (non-hydrogen) atoms. The molecular formula is C20H29N3O2. The van der Waals surface area contributed by atoms with Gasteiger partial charge >= 0.3 is 0 Å². The first-order valence-electron chi connectivity index (χ1n) is 9.31. The van der Waals surface area contributed by atoms with E-state index in [-0.39, 0.29) is 5.56 Å². The van der Waals surface area contributed by atoms with Crippen molar-refractivity contribution in [3.8, 4) is 0 Å². The monoisotopic (exact) mass is 343 g/mol. The van der Waals surface area contributed by atoms with Crippen LogP contribution in [-0.2, 0) is 11.3 Å². The van der Waals surface area contributed by atoms with Crippen LogP contribution in [0.3, 0.4) is 0 Å². The molecule has 1 fully saturated rings. The van der Waals surface area contributed by atoms with E-state index in [1.54, 1.807) is 0 Å². The van der Waals surface area contributed by atoms with Crippen molar-refractivity contribution in [1.82, 2.24) is 15.2 Å². The van der Waals surface area contributed by atoms with Gasteiger partial charge in [-0.25, -0.2) is 0 Å². The quantitative estimate of drug-likeness (QED) is 0.759. The second kappa shape index (κ2) is 8.61. The summed E-state index contributed by atoms with van der Waals surface area (Å²) in [4.78, 5) is 17.5. The van der Waals surface area contributed by atoms with Gasteiger partial charge in [-0.1, -0.05) is 18.2 Å². The number of ether oxygens (including phenoxy) is 1. The van der Waals surface area contributed by atoms with Crippen LogP contribution in [0, 0.1) is 0 Å². The first kappa shape index (κ1) is 18.1. The van der Waals surface area contributed by atoms with E-state index < -0.39 is 0 Å². The highest BCUT2D eigenvalue weighted by molar-refractivity contribution is 5.78. The molecule has 5 nitrogen and oxygen atoms in total. The van der Waals surface area contributed by atoms with Gasteiger partial charge in [-0.15, -0.1) is 0 Å². The van der Waals surface area contributed by atoms with Crippen LogP contribution >= 0.6 is 0 Å². The summed E-state index contributed by atoms with van der Waals surface area (Å²) >= 11 is 0. The summed E-state index contributed by atoms with van der Waals surface area (Å²) in [6, 6.07) is 9.87. The maximum atomic E-state index is 12.1. The van der Waals surface area contributed by atoms with Gasteiger partial charge in [0.05, 0.1) is 12.2 Å². The maximum Gasteiger partial charge on any atom is 0.252 e. The number of rotatable bonds is 7. The summed E-state index contributed by atoms with van der Waals surface area (Å²) in [5.74, 6) is 0. The Bertz CT molecular complexity index is 733. The van der Waals surface area contributed by atoms with E-state index in [4.69, 9.17) is 4.74 Å². The average Bonchev–Trinajstić information content (AvgIpc) is 2.57. The summed E-state index contributed by atoms with van der Waals surface area (Å²) in [6.07, 6.45) is 2.95. The molecule has 1 aromatic carbocycles. The van der Waals surface area contributed by atoms with Crippen molar-refractivity contribution in [2.24, 2.45) is 0 Å². The third-order valence-corrected chi connectivity index (χ3v) is 4.72. The van der Waals surface area contributed by atoms with E-state index in [2.05, 4.69) is 29.0 Å². The molecule has 1 saturated heterocycles. The normalized spacial score (nSPS) is 21.7. The average molecular weight is 343 g/mol. The van der Waals surface area contributed by atoms with Crippen LogP contribution in [0.25, 0.3) is 10.9 Å². The van der Waals surface area contributed by atoms with Crippen molar-refractivity contribution >= 4 is 10.9 Å². The summed E-state index contributed by atoms with van der Waals surface area (Å²) in [6.45, 7) is 9.02. The Balaban J connectivity index is 1.39. The number of aromatic amines is 1. The Morgan fingerprint density at radius 3 is 2.76 bits per heavy atom.